The summed E-state index contributed by atoms with van der Waals surface area (Å²) in [7, 11) is 3.91. The molecule has 0 saturated heterocycles. The Labute approximate surface area is 97.3 Å². The number of hydrogen-bond donors (Lipinski definition) is 2. The molecule has 0 aliphatic carbocycles. The number of likely N-dealkylation sites (N-methyl/N-ethyl adjacent to an activating group) is 1. The van der Waals surface area contributed by atoms with Gasteiger partial charge in [-0.1, -0.05) is 0 Å². The predicted octanol–water partition coefficient (Wildman–Crippen LogP) is 0.402. The third-order valence-electron chi connectivity index (χ3n) is 2.42. The molecule has 0 aliphatic rings. The van der Waals surface area contributed by atoms with Gasteiger partial charge in [-0.05, 0) is 38.2 Å². The highest BCUT2D eigenvalue weighted by atomic mass is 16.3. The van der Waals surface area contributed by atoms with Gasteiger partial charge in [0.1, 0.15) is 0 Å². The topological polar surface area (TPSA) is 48.4 Å². The number of aliphatic hydroxyl groups excluding tert-OH is 1. The Morgan fingerprint density at radius 1 is 1.50 bits per heavy atom. The molecule has 4 nitrogen and oxygen atoms in total. The normalized spacial score (nSPS) is 13.1. The maximum atomic E-state index is 9.65. The van der Waals surface area contributed by atoms with Crippen LogP contribution in [0.5, 0.6) is 0 Å². The number of aryl methyl sites for hydroxylation is 1. The molecule has 90 valence electrons. The van der Waals surface area contributed by atoms with Crippen molar-refractivity contribution in [1.82, 2.24) is 15.2 Å². The fourth-order valence-electron chi connectivity index (χ4n) is 1.54. The minimum Gasteiger partial charge on any atom is -0.390 e. The van der Waals surface area contributed by atoms with Gasteiger partial charge in [-0.2, -0.15) is 0 Å². The summed E-state index contributed by atoms with van der Waals surface area (Å²) in [5, 5.41) is 12.9. The predicted molar refractivity (Wildman–Crippen MR) is 65.2 cm³/mol. The van der Waals surface area contributed by atoms with Crippen LogP contribution in [0.25, 0.3) is 0 Å². The second-order valence-corrected chi connectivity index (χ2v) is 4.35. The molecule has 2 N–H and O–H groups in total. The van der Waals surface area contributed by atoms with Crippen molar-refractivity contribution in [2.45, 2.75) is 19.6 Å². The molecule has 0 saturated carbocycles. The van der Waals surface area contributed by atoms with E-state index in [1.807, 2.05) is 31.3 Å². The third kappa shape index (κ3) is 4.70. The van der Waals surface area contributed by atoms with Gasteiger partial charge in [0.15, 0.2) is 0 Å². The van der Waals surface area contributed by atoms with Gasteiger partial charge in [0.05, 0.1) is 6.10 Å². The van der Waals surface area contributed by atoms with Gasteiger partial charge in [-0.15, -0.1) is 0 Å². The maximum absolute atomic E-state index is 9.65. The fourth-order valence-corrected chi connectivity index (χ4v) is 1.54. The van der Waals surface area contributed by atoms with Gasteiger partial charge in [-0.3, -0.25) is 4.98 Å². The molecule has 0 fully saturated rings. The first kappa shape index (κ1) is 13.1. The summed E-state index contributed by atoms with van der Waals surface area (Å²) in [6.07, 6.45) is 3.33. The SMILES string of the molecule is Cc1ccncc1CNCC(O)CN(C)C. The van der Waals surface area contributed by atoms with E-state index in [0.717, 1.165) is 6.54 Å². The number of rotatable bonds is 6. The molecule has 0 bridgehead atoms. The van der Waals surface area contributed by atoms with E-state index in [-0.39, 0.29) is 6.10 Å². The van der Waals surface area contributed by atoms with E-state index in [4.69, 9.17) is 0 Å². The number of aliphatic hydroxyl groups is 1. The molecule has 0 aliphatic heterocycles. The molecule has 0 amide bonds. The number of pyridine rings is 1. The van der Waals surface area contributed by atoms with E-state index < -0.39 is 0 Å². The Kier molecular flexibility index (Phi) is 5.38. The minimum absolute atomic E-state index is 0.327. The smallest absolute Gasteiger partial charge is 0.0791 e. The second-order valence-electron chi connectivity index (χ2n) is 4.35. The van der Waals surface area contributed by atoms with Gasteiger partial charge >= 0.3 is 0 Å². The van der Waals surface area contributed by atoms with Crippen LogP contribution in [0.15, 0.2) is 18.5 Å². The van der Waals surface area contributed by atoms with E-state index in [0.29, 0.717) is 13.1 Å². The van der Waals surface area contributed by atoms with Crippen molar-refractivity contribution >= 4 is 0 Å². The average molecular weight is 223 g/mol. The molecule has 1 atom stereocenters. The van der Waals surface area contributed by atoms with Gasteiger partial charge in [0.25, 0.3) is 0 Å². The van der Waals surface area contributed by atoms with Crippen molar-refractivity contribution in [3.05, 3.63) is 29.6 Å². The fraction of sp³-hybridized carbons (Fsp3) is 0.583. The van der Waals surface area contributed by atoms with Gasteiger partial charge in [0.2, 0.25) is 0 Å². The molecule has 1 rings (SSSR count). The second kappa shape index (κ2) is 6.58. The van der Waals surface area contributed by atoms with E-state index in [1.54, 1.807) is 6.20 Å². The van der Waals surface area contributed by atoms with Crippen LogP contribution in [0.4, 0.5) is 0 Å². The van der Waals surface area contributed by atoms with Crippen LogP contribution in [0.3, 0.4) is 0 Å². The standard InChI is InChI=1S/C12H21N3O/c1-10-4-5-13-6-11(10)7-14-8-12(16)9-15(2)3/h4-6,12,14,16H,7-9H2,1-3H3. The molecule has 0 aromatic carbocycles. The summed E-state index contributed by atoms with van der Waals surface area (Å²) in [6.45, 7) is 4.10. The lowest BCUT2D eigenvalue weighted by Gasteiger charge is -2.16. The molecular weight excluding hydrogens is 202 g/mol. The van der Waals surface area contributed by atoms with Crippen LogP contribution in [-0.4, -0.2) is 48.3 Å². The lowest BCUT2D eigenvalue weighted by Crippen LogP contribution is -2.34. The van der Waals surface area contributed by atoms with Crippen molar-refractivity contribution in [2.24, 2.45) is 0 Å². The van der Waals surface area contributed by atoms with Crippen LogP contribution in [0.1, 0.15) is 11.1 Å². The molecule has 16 heavy (non-hydrogen) atoms. The molecule has 0 radical (unpaired) electrons. The number of nitrogens with one attached hydrogen (secondary N) is 1. The summed E-state index contributed by atoms with van der Waals surface area (Å²) in [5.74, 6) is 0. The largest absolute Gasteiger partial charge is 0.390 e. The zero-order chi connectivity index (χ0) is 12.0. The first-order valence-electron chi connectivity index (χ1n) is 5.52. The van der Waals surface area contributed by atoms with Crippen molar-refractivity contribution < 1.29 is 5.11 Å². The highest BCUT2D eigenvalue weighted by Crippen LogP contribution is 2.03. The first-order chi connectivity index (χ1) is 7.59. The zero-order valence-electron chi connectivity index (χ0n) is 10.3. The van der Waals surface area contributed by atoms with E-state index in [2.05, 4.69) is 17.2 Å². The molecule has 4 heteroatoms. The Balaban J connectivity index is 2.28. The van der Waals surface area contributed by atoms with Crippen LogP contribution >= 0.6 is 0 Å². The number of aromatic nitrogens is 1. The van der Waals surface area contributed by atoms with E-state index in [1.165, 1.54) is 11.1 Å². The molecule has 1 unspecified atom stereocenters. The lowest BCUT2D eigenvalue weighted by molar-refractivity contribution is 0.134. The van der Waals surface area contributed by atoms with Gasteiger partial charge < -0.3 is 15.3 Å². The Bertz CT molecular complexity index is 315. The summed E-state index contributed by atoms with van der Waals surface area (Å²) in [5.41, 5.74) is 2.41. The first-order valence-corrected chi connectivity index (χ1v) is 5.52. The molecule has 1 heterocycles. The lowest BCUT2D eigenvalue weighted by atomic mass is 10.1. The quantitative estimate of drug-likeness (QED) is 0.733. The Morgan fingerprint density at radius 2 is 2.25 bits per heavy atom. The Morgan fingerprint density at radius 3 is 2.88 bits per heavy atom. The third-order valence-corrected chi connectivity index (χ3v) is 2.42. The minimum atomic E-state index is -0.327. The van der Waals surface area contributed by atoms with Crippen molar-refractivity contribution in [3.8, 4) is 0 Å². The van der Waals surface area contributed by atoms with E-state index in [9.17, 15) is 5.11 Å². The monoisotopic (exact) mass is 223 g/mol. The van der Waals surface area contributed by atoms with Gasteiger partial charge in [0, 0.05) is 32.0 Å². The molecule has 1 aromatic rings. The van der Waals surface area contributed by atoms with E-state index >= 15 is 0 Å². The average Bonchev–Trinajstić information content (AvgIpc) is 2.19. The van der Waals surface area contributed by atoms with Crippen LogP contribution in [0, 0.1) is 6.92 Å². The van der Waals surface area contributed by atoms with Crippen molar-refractivity contribution in [2.75, 3.05) is 27.2 Å². The summed E-state index contributed by atoms with van der Waals surface area (Å²) < 4.78 is 0. The number of nitrogens with zero attached hydrogens (tertiary/aromatic N) is 2. The summed E-state index contributed by atoms with van der Waals surface area (Å²) >= 11 is 0. The molecular formula is C12H21N3O. The Hall–Kier alpha value is -0.970. The molecule has 1 aromatic heterocycles. The van der Waals surface area contributed by atoms with Crippen LogP contribution in [-0.2, 0) is 6.54 Å². The van der Waals surface area contributed by atoms with Crippen molar-refractivity contribution in [1.29, 1.82) is 0 Å². The summed E-state index contributed by atoms with van der Waals surface area (Å²) in [6, 6.07) is 1.99. The van der Waals surface area contributed by atoms with Crippen LogP contribution in [0.2, 0.25) is 0 Å². The maximum Gasteiger partial charge on any atom is 0.0791 e. The summed E-state index contributed by atoms with van der Waals surface area (Å²) in [4.78, 5) is 6.05. The van der Waals surface area contributed by atoms with Crippen LogP contribution < -0.4 is 5.32 Å². The number of hydrogen-bond acceptors (Lipinski definition) is 4. The molecule has 0 spiro atoms. The van der Waals surface area contributed by atoms with Gasteiger partial charge in [-0.25, -0.2) is 0 Å². The van der Waals surface area contributed by atoms with Crippen molar-refractivity contribution in [3.63, 3.8) is 0 Å². The zero-order valence-corrected chi connectivity index (χ0v) is 10.3. The highest BCUT2D eigenvalue weighted by molar-refractivity contribution is 5.20. The highest BCUT2D eigenvalue weighted by Gasteiger charge is 2.05.